The van der Waals surface area contributed by atoms with E-state index in [1.165, 1.54) is 43.4 Å². The predicted octanol–water partition coefficient (Wildman–Crippen LogP) is 3.36. The highest BCUT2D eigenvalue weighted by atomic mass is 19.4. The lowest BCUT2D eigenvalue weighted by molar-refractivity contribution is -0.137. The third kappa shape index (κ3) is 3.73. The van der Waals surface area contributed by atoms with Crippen LogP contribution in [0.5, 0.6) is 0 Å². The molecule has 2 N–H and O–H groups in total. The third-order valence-electron chi connectivity index (χ3n) is 3.46. The molecule has 0 aliphatic carbocycles. The first-order valence-corrected chi connectivity index (χ1v) is 6.97. The lowest BCUT2D eigenvalue weighted by atomic mass is 9.94. The Labute approximate surface area is 135 Å². The van der Waals surface area contributed by atoms with Gasteiger partial charge < -0.3 is 10.4 Å². The molecule has 0 aliphatic rings. The van der Waals surface area contributed by atoms with Crippen molar-refractivity contribution in [3.05, 3.63) is 59.2 Å². The Hall–Kier alpha value is -2.83. The number of hydrogen-bond donors (Lipinski definition) is 2. The number of aliphatic carboxylic acids is 1. The highest BCUT2D eigenvalue weighted by Crippen LogP contribution is 2.37. The van der Waals surface area contributed by atoms with Gasteiger partial charge in [0.2, 0.25) is 0 Å². The summed E-state index contributed by atoms with van der Waals surface area (Å²) in [7, 11) is 1.39. The van der Waals surface area contributed by atoms with Gasteiger partial charge in [0, 0.05) is 12.6 Å². The van der Waals surface area contributed by atoms with E-state index in [1.54, 1.807) is 0 Å². The second kappa shape index (κ2) is 6.74. The van der Waals surface area contributed by atoms with E-state index in [0.29, 0.717) is 0 Å². The number of carboxylic acids is 1. The van der Waals surface area contributed by atoms with Crippen LogP contribution in [0.25, 0.3) is 11.1 Å². The first-order valence-electron chi connectivity index (χ1n) is 6.97. The predicted molar refractivity (Wildman–Crippen MR) is 81.6 cm³/mol. The summed E-state index contributed by atoms with van der Waals surface area (Å²) in [5.74, 6) is -1.68. The number of hydrogen-bond acceptors (Lipinski definition) is 2. The molecule has 0 bridgehead atoms. The van der Waals surface area contributed by atoms with Crippen LogP contribution in [0.15, 0.2) is 42.5 Å². The maximum absolute atomic E-state index is 13.1. The number of alkyl halides is 3. The molecule has 0 aliphatic heterocycles. The van der Waals surface area contributed by atoms with Gasteiger partial charge in [0.1, 0.15) is 0 Å². The molecule has 24 heavy (non-hydrogen) atoms. The van der Waals surface area contributed by atoms with Crippen LogP contribution in [0.1, 0.15) is 21.5 Å². The van der Waals surface area contributed by atoms with Gasteiger partial charge in [0.25, 0.3) is 5.91 Å². The van der Waals surface area contributed by atoms with Gasteiger partial charge in [-0.3, -0.25) is 9.59 Å². The topological polar surface area (TPSA) is 66.4 Å². The molecule has 7 heteroatoms. The molecule has 2 rings (SSSR count). The number of amides is 1. The fourth-order valence-corrected chi connectivity index (χ4v) is 2.41. The average molecular weight is 337 g/mol. The van der Waals surface area contributed by atoms with Crippen molar-refractivity contribution in [3.63, 3.8) is 0 Å². The molecule has 0 heterocycles. The Kier molecular flexibility index (Phi) is 4.92. The highest BCUT2D eigenvalue weighted by molar-refractivity contribution is 5.97. The van der Waals surface area contributed by atoms with Crippen molar-refractivity contribution in [2.24, 2.45) is 0 Å². The zero-order valence-electron chi connectivity index (χ0n) is 12.6. The standard InChI is InChI=1S/C17H14F3NO3/c1-21-16(24)13-7-6-10(8-11(13)9-15(22)23)12-4-2-3-5-14(12)17(18,19)20/h2-8H,9H2,1H3,(H,21,24)(H,22,23). The monoisotopic (exact) mass is 337 g/mol. The van der Waals surface area contributed by atoms with Crippen LogP contribution in [0.4, 0.5) is 13.2 Å². The number of halogens is 3. The molecule has 0 saturated heterocycles. The number of rotatable bonds is 4. The van der Waals surface area contributed by atoms with Crippen molar-refractivity contribution in [3.8, 4) is 11.1 Å². The van der Waals surface area contributed by atoms with E-state index in [9.17, 15) is 22.8 Å². The van der Waals surface area contributed by atoms with E-state index in [4.69, 9.17) is 5.11 Å². The van der Waals surface area contributed by atoms with Crippen molar-refractivity contribution in [1.29, 1.82) is 0 Å². The van der Waals surface area contributed by atoms with E-state index in [-0.39, 0.29) is 22.3 Å². The molecule has 126 valence electrons. The quantitative estimate of drug-likeness (QED) is 0.899. The van der Waals surface area contributed by atoms with E-state index in [0.717, 1.165) is 6.07 Å². The fraction of sp³-hybridized carbons (Fsp3) is 0.176. The van der Waals surface area contributed by atoms with Crippen molar-refractivity contribution >= 4 is 11.9 Å². The molecule has 2 aromatic rings. The van der Waals surface area contributed by atoms with E-state index >= 15 is 0 Å². The van der Waals surface area contributed by atoms with Gasteiger partial charge in [-0.05, 0) is 34.9 Å². The summed E-state index contributed by atoms with van der Waals surface area (Å²) in [4.78, 5) is 22.8. The number of carbonyl (C=O) groups is 2. The van der Waals surface area contributed by atoms with Crippen molar-refractivity contribution in [2.75, 3.05) is 7.05 Å². The molecule has 0 spiro atoms. The third-order valence-corrected chi connectivity index (χ3v) is 3.46. The van der Waals surface area contributed by atoms with Crippen LogP contribution in [0, 0.1) is 0 Å². The second-order valence-corrected chi connectivity index (χ2v) is 5.06. The zero-order valence-corrected chi connectivity index (χ0v) is 12.6. The first kappa shape index (κ1) is 17.5. The lowest BCUT2D eigenvalue weighted by Crippen LogP contribution is -2.20. The molecule has 0 fully saturated rings. The molecule has 0 saturated carbocycles. The van der Waals surface area contributed by atoms with Crippen LogP contribution in [0.2, 0.25) is 0 Å². The summed E-state index contributed by atoms with van der Waals surface area (Å²) < 4.78 is 39.4. The summed E-state index contributed by atoms with van der Waals surface area (Å²) in [6, 6.07) is 9.03. The minimum absolute atomic E-state index is 0.0694. The minimum Gasteiger partial charge on any atom is -0.481 e. The summed E-state index contributed by atoms with van der Waals surface area (Å²) in [5, 5.41) is 11.4. The SMILES string of the molecule is CNC(=O)c1ccc(-c2ccccc2C(F)(F)F)cc1CC(=O)O. The molecule has 0 unspecified atom stereocenters. The normalized spacial score (nSPS) is 11.2. The molecular weight excluding hydrogens is 323 g/mol. The van der Waals surface area contributed by atoms with Crippen molar-refractivity contribution < 1.29 is 27.9 Å². The molecule has 4 nitrogen and oxygen atoms in total. The summed E-state index contributed by atoms with van der Waals surface area (Å²) in [5.41, 5.74) is -0.421. The Morgan fingerprint density at radius 1 is 1.12 bits per heavy atom. The summed E-state index contributed by atoms with van der Waals surface area (Å²) in [6.45, 7) is 0. The summed E-state index contributed by atoms with van der Waals surface area (Å²) >= 11 is 0. The van der Waals surface area contributed by atoms with E-state index < -0.39 is 30.0 Å². The number of benzene rings is 2. The van der Waals surface area contributed by atoms with Crippen LogP contribution in [0.3, 0.4) is 0 Å². The van der Waals surface area contributed by atoms with Gasteiger partial charge in [0.15, 0.2) is 0 Å². The van der Waals surface area contributed by atoms with Crippen LogP contribution < -0.4 is 5.32 Å². The van der Waals surface area contributed by atoms with E-state index in [1.807, 2.05) is 0 Å². The molecule has 0 radical (unpaired) electrons. The fourth-order valence-electron chi connectivity index (χ4n) is 2.41. The Balaban J connectivity index is 2.61. The maximum Gasteiger partial charge on any atom is 0.417 e. The number of nitrogens with one attached hydrogen (secondary N) is 1. The Bertz CT molecular complexity index is 785. The maximum atomic E-state index is 13.1. The van der Waals surface area contributed by atoms with Gasteiger partial charge >= 0.3 is 12.1 Å². The minimum atomic E-state index is -4.54. The molecule has 0 aromatic heterocycles. The van der Waals surface area contributed by atoms with Gasteiger partial charge in [-0.1, -0.05) is 24.3 Å². The van der Waals surface area contributed by atoms with E-state index in [2.05, 4.69) is 5.32 Å². The van der Waals surface area contributed by atoms with Gasteiger partial charge in [-0.2, -0.15) is 13.2 Å². The second-order valence-electron chi connectivity index (χ2n) is 5.06. The van der Waals surface area contributed by atoms with Crippen LogP contribution >= 0.6 is 0 Å². The lowest BCUT2D eigenvalue weighted by Gasteiger charge is -2.15. The number of carboxylic acid groups (broad SMARTS) is 1. The average Bonchev–Trinajstić information content (AvgIpc) is 2.52. The molecule has 1 amide bonds. The van der Waals surface area contributed by atoms with Crippen molar-refractivity contribution in [1.82, 2.24) is 5.32 Å². The zero-order chi connectivity index (χ0) is 17.9. The summed E-state index contributed by atoms with van der Waals surface area (Å²) in [6.07, 6.45) is -5.01. The smallest absolute Gasteiger partial charge is 0.417 e. The Morgan fingerprint density at radius 2 is 1.79 bits per heavy atom. The van der Waals surface area contributed by atoms with Crippen LogP contribution in [-0.4, -0.2) is 24.0 Å². The molecule has 2 aromatic carbocycles. The highest BCUT2D eigenvalue weighted by Gasteiger charge is 2.33. The number of carbonyl (C=O) groups excluding carboxylic acids is 1. The van der Waals surface area contributed by atoms with Gasteiger partial charge in [0.05, 0.1) is 12.0 Å². The van der Waals surface area contributed by atoms with Crippen molar-refractivity contribution in [2.45, 2.75) is 12.6 Å². The largest absolute Gasteiger partial charge is 0.481 e. The molecular formula is C17H14F3NO3. The van der Waals surface area contributed by atoms with Crippen LogP contribution in [-0.2, 0) is 17.4 Å². The first-order chi connectivity index (χ1) is 11.2. The molecule has 0 atom stereocenters. The van der Waals surface area contributed by atoms with Gasteiger partial charge in [-0.15, -0.1) is 0 Å². The van der Waals surface area contributed by atoms with Gasteiger partial charge in [-0.25, -0.2) is 0 Å². The Morgan fingerprint density at radius 3 is 2.38 bits per heavy atom.